The second kappa shape index (κ2) is 1.03. The highest BCUT2D eigenvalue weighted by Crippen LogP contribution is 2.51. The van der Waals surface area contributed by atoms with Gasteiger partial charge in [-0.15, -0.1) is 0 Å². The Kier molecular flexibility index (Phi) is 0.571. The molecule has 2 aliphatic carbocycles. The number of hydrogen-bond acceptors (Lipinski definition) is 1. The lowest BCUT2D eigenvalue weighted by molar-refractivity contribution is 0.168. The fraction of sp³-hybridized carbons (Fsp3) is 1.00. The van der Waals surface area contributed by atoms with Gasteiger partial charge in [0.1, 0.15) is 0 Å². The minimum absolute atomic E-state index is 0.0729. The summed E-state index contributed by atoms with van der Waals surface area (Å²) in [5.41, 5.74) is 0. The minimum atomic E-state index is 0.0729. The van der Waals surface area contributed by atoms with Crippen LogP contribution in [0.2, 0.25) is 0 Å². The van der Waals surface area contributed by atoms with Crippen LogP contribution in [0.3, 0.4) is 0 Å². The summed E-state index contributed by atoms with van der Waals surface area (Å²) in [7, 11) is 0. The van der Waals surface area contributed by atoms with Gasteiger partial charge in [-0.1, -0.05) is 0 Å². The Morgan fingerprint density at radius 3 is 1.86 bits per heavy atom. The highest BCUT2D eigenvalue weighted by atomic mass is 16.3. The smallest absolute Gasteiger partial charge is 0.0545 e. The molecule has 1 N–H and O–H groups in total. The summed E-state index contributed by atoms with van der Waals surface area (Å²) in [4.78, 5) is 0. The second-order valence-corrected chi connectivity index (χ2v) is 2.88. The van der Waals surface area contributed by atoms with Crippen LogP contribution in [0.1, 0.15) is 19.3 Å². The van der Waals surface area contributed by atoms with Crippen LogP contribution in [-0.2, 0) is 0 Å². The van der Waals surface area contributed by atoms with E-state index in [0.717, 1.165) is 24.7 Å². The first kappa shape index (κ1) is 3.90. The molecule has 2 fully saturated rings. The average Bonchev–Trinajstić information content (AvgIpc) is 2.15. The summed E-state index contributed by atoms with van der Waals surface area (Å²) in [5, 5.41) is 8.93. The van der Waals surface area contributed by atoms with Crippen molar-refractivity contribution in [3.05, 3.63) is 0 Å². The normalized spacial score (nSPS) is 57.0. The molecule has 0 amide bonds. The van der Waals surface area contributed by atoms with Crippen LogP contribution in [0.25, 0.3) is 0 Å². The van der Waals surface area contributed by atoms with E-state index in [2.05, 4.69) is 0 Å². The van der Waals surface area contributed by atoms with Crippen molar-refractivity contribution in [1.82, 2.24) is 0 Å². The summed E-state index contributed by atoms with van der Waals surface area (Å²) < 4.78 is 0. The molecule has 1 nitrogen and oxygen atoms in total. The van der Waals surface area contributed by atoms with Crippen LogP contribution >= 0.6 is 0 Å². The van der Waals surface area contributed by atoms with Crippen molar-refractivity contribution in [1.29, 1.82) is 0 Å². The molecule has 0 aromatic heterocycles. The predicted molar refractivity (Wildman–Crippen MR) is 26.8 cm³/mol. The molecule has 3 atom stereocenters. The molecule has 2 saturated carbocycles. The van der Waals surface area contributed by atoms with E-state index in [4.69, 9.17) is 5.11 Å². The SMILES string of the molecule is OC1C[C@@H]2C[C@@H]2C1. The van der Waals surface area contributed by atoms with Crippen molar-refractivity contribution in [2.45, 2.75) is 25.4 Å². The van der Waals surface area contributed by atoms with Crippen LogP contribution in [0.4, 0.5) is 0 Å². The summed E-state index contributed by atoms with van der Waals surface area (Å²) in [5.74, 6) is 1.88. The molecule has 0 heterocycles. The zero-order valence-corrected chi connectivity index (χ0v) is 4.30. The van der Waals surface area contributed by atoms with E-state index >= 15 is 0 Å². The van der Waals surface area contributed by atoms with Gasteiger partial charge in [0.05, 0.1) is 6.10 Å². The fourth-order valence-corrected chi connectivity index (χ4v) is 1.68. The van der Waals surface area contributed by atoms with E-state index in [-0.39, 0.29) is 6.10 Å². The highest BCUT2D eigenvalue weighted by molar-refractivity contribution is 4.95. The van der Waals surface area contributed by atoms with Gasteiger partial charge in [0.15, 0.2) is 0 Å². The van der Waals surface area contributed by atoms with E-state index in [0.29, 0.717) is 0 Å². The van der Waals surface area contributed by atoms with Gasteiger partial charge in [-0.05, 0) is 31.1 Å². The minimum Gasteiger partial charge on any atom is -0.393 e. The zero-order valence-electron chi connectivity index (χ0n) is 4.30. The molecule has 0 spiro atoms. The molecule has 7 heavy (non-hydrogen) atoms. The van der Waals surface area contributed by atoms with Crippen molar-refractivity contribution in [2.75, 3.05) is 0 Å². The molecule has 2 rings (SSSR count). The second-order valence-electron chi connectivity index (χ2n) is 2.88. The first-order valence-electron chi connectivity index (χ1n) is 3.04. The molecule has 0 aliphatic heterocycles. The average molecular weight is 98.1 g/mol. The highest BCUT2D eigenvalue weighted by Gasteiger charge is 2.44. The number of rotatable bonds is 0. The lowest BCUT2D eigenvalue weighted by Crippen LogP contribution is -2.00. The third-order valence-corrected chi connectivity index (χ3v) is 2.22. The lowest BCUT2D eigenvalue weighted by Gasteiger charge is -1.98. The molecular weight excluding hydrogens is 88.1 g/mol. The first-order valence-corrected chi connectivity index (χ1v) is 3.04. The third-order valence-electron chi connectivity index (χ3n) is 2.22. The van der Waals surface area contributed by atoms with Gasteiger partial charge >= 0.3 is 0 Å². The zero-order chi connectivity index (χ0) is 4.85. The van der Waals surface area contributed by atoms with E-state index in [1.54, 1.807) is 0 Å². The third kappa shape index (κ3) is 0.480. The summed E-state index contributed by atoms with van der Waals surface area (Å²) in [6.07, 6.45) is 3.69. The summed E-state index contributed by atoms with van der Waals surface area (Å²) in [6, 6.07) is 0. The Labute approximate surface area is 43.3 Å². The monoisotopic (exact) mass is 98.1 g/mol. The van der Waals surface area contributed by atoms with E-state index in [1.165, 1.54) is 6.42 Å². The van der Waals surface area contributed by atoms with Crippen molar-refractivity contribution in [3.63, 3.8) is 0 Å². The molecule has 2 aliphatic rings. The molecule has 0 radical (unpaired) electrons. The summed E-state index contributed by atoms with van der Waals surface area (Å²) in [6.45, 7) is 0. The van der Waals surface area contributed by atoms with Crippen LogP contribution in [0.5, 0.6) is 0 Å². The van der Waals surface area contributed by atoms with Gasteiger partial charge in [0.25, 0.3) is 0 Å². The van der Waals surface area contributed by atoms with E-state index < -0.39 is 0 Å². The molecule has 1 unspecified atom stereocenters. The van der Waals surface area contributed by atoms with Gasteiger partial charge in [0, 0.05) is 0 Å². The lowest BCUT2D eigenvalue weighted by atomic mass is 10.2. The van der Waals surface area contributed by atoms with Crippen molar-refractivity contribution in [3.8, 4) is 0 Å². The molecule has 0 aromatic carbocycles. The molecule has 1 heteroatoms. The Bertz CT molecular complexity index is 80.2. The summed E-state index contributed by atoms with van der Waals surface area (Å²) >= 11 is 0. The Balaban J connectivity index is 2.02. The van der Waals surface area contributed by atoms with Gasteiger partial charge in [-0.2, -0.15) is 0 Å². The van der Waals surface area contributed by atoms with Gasteiger partial charge in [-0.3, -0.25) is 0 Å². The number of hydrogen-bond donors (Lipinski definition) is 1. The maximum absolute atomic E-state index is 8.93. The van der Waals surface area contributed by atoms with Gasteiger partial charge in [0.2, 0.25) is 0 Å². The van der Waals surface area contributed by atoms with Gasteiger partial charge < -0.3 is 5.11 Å². The largest absolute Gasteiger partial charge is 0.393 e. The Morgan fingerprint density at radius 1 is 1.00 bits per heavy atom. The van der Waals surface area contributed by atoms with E-state index in [9.17, 15) is 0 Å². The predicted octanol–water partition coefficient (Wildman–Crippen LogP) is 0.777. The standard InChI is InChI=1S/C6H10O/c7-6-2-4-1-5(4)3-6/h4-7H,1-3H2/t4-,5+,6?. The van der Waals surface area contributed by atoms with Crippen LogP contribution in [0, 0.1) is 11.8 Å². The topological polar surface area (TPSA) is 20.2 Å². The number of aliphatic hydroxyl groups excluding tert-OH is 1. The number of fused-ring (bicyclic) bond motifs is 1. The molecule has 0 bridgehead atoms. The van der Waals surface area contributed by atoms with Crippen molar-refractivity contribution < 1.29 is 5.11 Å². The first-order chi connectivity index (χ1) is 3.36. The van der Waals surface area contributed by atoms with E-state index in [1.807, 2.05) is 0 Å². The maximum Gasteiger partial charge on any atom is 0.0545 e. The maximum atomic E-state index is 8.93. The van der Waals surface area contributed by atoms with Crippen molar-refractivity contribution in [2.24, 2.45) is 11.8 Å². The molecular formula is C6H10O. The Morgan fingerprint density at radius 2 is 1.57 bits per heavy atom. The molecule has 0 saturated heterocycles. The van der Waals surface area contributed by atoms with Crippen molar-refractivity contribution >= 4 is 0 Å². The molecule has 0 aromatic rings. The van der Waals surface area contributed by atoms with Crippen LogP contribution < -0.4 is 0 Å². The number of aliphatic hydroxyl groups is 1. The Hall–Kier alpha value is -0.0400. The van der Waals surface area contributed by atoms with Gasteiger partial charge in [-0.25, -0.2) is 0 Å². The van der Waals surface area contributed by atoms with Crippen LogP contribution in [-0.4, -0.2) is 11.2 Å². The molecule has 40 valence electrons. The van der Waals surface area contributed by atoms with Crippen LogP contribution in [0.15, 0.2) is 0 Å². The fourth-order valence-electron chi connectivity index (χ4n) is 1.68. The quantitative estimate of drug-likeness (QED) is 0.474.